The Morgan fingerprint density at radius 1 is 1.47 bits per heavy atom. The molecule has 5 heteroatoms. The molecule has 0 aromatic heterocycles. The Labute approximate surface area is 91.6 Å². The zero-order chi connectivity index (χ0) is 11.6. The quantitative estimate of drug-likeness (QED) is 0.704. The second-order valence-electron chi connectivity index (χ2n) is 4.50. The predicted octanol–water partition coefficient (Wildman–Crippen LogP) is 0.678. The molecule has 1 aliphatic rings. The van der Waals surface area contributed by atoms with Gasteiger partial charge < -0.3 is 4.90 Å². The zero-order valence-corrected chi connectivity index (χ0v) is 10.4. The van der Waals surface area contributed by atoms with E-state index in [0.29, 0.717) is 19.0 Å². The van der Waals surface area contributed by atoms with Gasteiger partial charge in [0.15, 0.2) is 9.84 Å². The van der Waals surface area contributed by atoms with Gasteiger partial charge in [0, 0.05) is 19.3 Å². The maximum absolute atomic E-state index is 11.8. The summed E-state index contributed by atoms with van der Waals surface area (Å²) in [5.41, 5.74) is 0. The first-order chi connectivity index (χ1) is 6.82. The summed E-state index contributed by atoms with van der Waals surface area (Å²) in [5, 5.41) is -0.900. The van der Waals surface area contributed by atoms with E-state index in [0.717, 1.165) is 19.1 Å². The molecule has 1 fully saturated rings. The van der Waals surface area contributed by atoms with Crippen molar-refractivity contribution < 1.29 is 13.2 Å². The molecule has 1 amide bonds. The first-order valence-electron chi connectivity index (χ1n) is 5.30. The monoisotopic (exact) mass is 233 g/mol. The van der Waals surface area contributed by atoms with Crippen molar-refractivity contribution in [1.82, 2.24) is 4.90 Å². The summed E-state index contributed by atoms with van der Waals surface area (Å²) in [7, 11) is -3.26. The van der Waals surface area contributed by atoms with Crippen molar-refractivity contribution in [3.8, 4) is 0 Å². The van der Waals surface area contributed by atoms with E-state index in [1.165, 1.54) is 6.92 Å². The van der Waals surface area contributed by atoms with Crippen LogP contribution in [0.1, 0.15) is 26.7 Å². The average Bonchev–Trinajstić information content (AvgIpc) is 2.14. The molecule has 0 aromatic rings. The number of hydrogen-bond acceptors (Lipinski definition) is 3. The van der Waals surface area contributed by atoms with Crippen molar-refractivity contribution in [3.05, 3.63) is 0 Å². The third kappa shape index (κ3) is 3.19. The lowest BCUT2D eigenvalue weighted by molar-refractivity contribution is -0.132. The van der Waals surface area contributed by atoms with Crippen LogP contribution in [0.3, 0.4) is 0 Å². The van der Waals surface area contributed by atoms with E-state index in [-0.39, 0.29) is 5.91 Å². The van der Waals surface area contributed by atoms with Crippen LogP contribution in [0.2, 0.25) is 0 Å². The van der Waals surface area contributed by atoms with Crippen molar-refractivity contribution in [2.24, 2.45) is 5.92 Å². The van der Waals surface area contributed by atoms with E-state index in [9.17, 15) is 13.2 Å². The zero-order valence-electron chi connectivity index (χ0n) is 9.56. The molecule has 0 radical (unpaired) electrons. The van der Waals surface area contributed by atoms with Gasteiger partial charge >= 0.3 is 0 Å². The number of hydrogen-bond donors (Lipinski definition) is 0. The van der Waals surface area contributed by atoms with E-state index in [1.807, 2.05) is 0 Å². The number of piperidine rings is 1. The van der Waals surface area contributed by atoms with Crippen LogP contribution in [0.5, 0.6) is 0 Å². The largest absolute Gasteiger partial charge is 0.341 e. The minimum atomic E-state index is -3.26. The average molecular weight is 233 g/mol. The number of nitrogens with zero attached hydrogens (tertiary/aromatic N) is 1. The normalized spacial score (nSPS) is 25.0. The van der Waals surface area contributed by atoms with Crippen LogP contribution in [0.15, 0.2) is 0 Å². The molecule has 0 bridgehead atoms. The minimum absolute atomic E-state index is 0.246. The van der Waals surface area contributed by atoms with Gasteiger partial charge in [-0.1, -0.05) is 6.92 Å². The Kier molecular flexibility index (Phi) is 3.76. The van der Waals surface area contributed by atoms with Gasteiger partial charge in [-0.15, -0.1) is 0 Å². The number of amides is 1. The van der Waals surface area contributed by atoms with Gasteiger partial charge in [-0.05, 0) is 25.7 Å². The summed E-state index contributed by atoms with van der Waals surface area (Å²) < 4.78 is 22.5. The Morgan fingerprint density at radius 3 is 2.53 bits per heavy atom. The van der Waals surface area contributed by atoms with Crippen molar-refractivity contribution in [2.45, 2.75) is 31.9 Å². The van der Waals surface area contributed by atoms with Crippen molar-refractivity contribution in [3.63, 3.8) is 0 Å². The molecule has 0 aliphatic carbocycles. The standard InChI is InChI=1S/C10H19NO3S/c1-8-5-4-6-11(7-8)10(12)9(2)15(3,13)14/h8-9H,4-7H2,1-3H3/t8-,9-/m1/s1. The fourth-order valence-corrected chi connectivity index (χ4v) is 2.35. The smallest absolute Gasteiger partial charge is 0.240 e. The molecule has 1 aliphatic heterocycles. The van der Waals surface area contributed by atoms with Crippen molar-refractivity contribution >= 4 is 15.7 Å². The summed E-state index contributed by atoms with van der Waals surface area (Å²) in [6.07, 6.45) is 3.21. The van der Waals surface area contributed by atoms with Crippen LogP contribution in [0, 0.1) is 5.92 Å². The third-order valence-corrected chi connectivity index (χ3v) is 4.44. The summed E-state index contributed by atoms with van der Waals surface area (Å²) in [6, 6.07) is 0. The lowest BCUT2D eigenvalue weighted by Gasteiger charge is -2.32. The Balaban J connectivity index is 2.68. The van der Waals surface area contributed by atoms with Gasteiger partial charge in [-0.3, -0.25) is 4.79 Å². The molecule has 2 atom stereocenters. The third-order valence-electron chi connectivity index (χ3n) is 2.96. The first-order valence-corrected chi connectivity index (χ1v) is 7.25. The van der Waals surface area contributed by atoms with Gasteiger partial charge in [0.1, 0.15) is 5.25 Å². The molecule has 1 heterocycles. The fourth-order valence-electron chi connectivity index (χ4n) is 1.83. The minimum Gasteiger partial charge on any atom is -0.341 e. The van der Waals surface area contributed by atoms with E-state index in [4.69, 9.17) is 0 Å². The number of rotatable bonds is 2. The molecule has 88 valence electrons. The lowest BCUT2D eigenvalue weighted by atomic mass is 10.0. The second kappa shape index (κ2) is 4.51. The Bertz CT molecular complexity index is 337. The molecule has 0 aromatic carbocycles. The second-order valence-corrected chi connectivity index (χ2v) is 6.87. The topological polar surface area (TPSA) is 54.5 Å². The maximum atomic E-state index is 11.8. The molecule has 1 saturated heterocycles. The molecule has 0 spiro atoms. The van der Waals surface area contributed by atoms with Crippen LogP contribution in [0.25, 0.3) is 0 Å². The number of likely N-dealkylation sites (tertiary alicyclic amines) is 1. The Morgan fingerprint density at radius 2 is 2.07 bits per heavy atom. The molecule has 4 nitrogen and oxygen atoms in total. The number of carbonyl (C=O) groups excluding carboxylic acids is 1. The summed E-state index contributed by atoms with van der Waals surface area (Å²) >= 11 is 0. The van der Waals surface area contributed by atoms with Crippen molar-refractivity contribution in [2.75, 3.05) is 19.3 Å². The van der Waals surface area contributed by atoms with Crippen LogP contribution >= 0.6 is 0 Å². The van der Waals surface area contributed by atoms with Gasteiger partial charge in [-0.2, -0.15) is 0 Å². The lowest BCUT2D eigenvalue weighted by Crippen LogP contribution is -2.45. The highest BCUT2D eigenvalue weighted by Gasteiger charge is 2.30. The van der Waals surface area contributed by atoms with Crippen LogP contribution in [0.4, 0.5) is 0 Å². The summed E-state index contributed by atoms with van der Waals surface area (Å²) in [5.74, 6) is 0.235. The molecular weight excluding hydrogens is 214 g/mol. The molecule has 15 heavy (non-hydrogen) atoms. The highest BCUT2D eigenvalue weighted by Crippen LogP contribution is 2.17. The molecule has 0 N–H and O–H groups in total. The predicted molar refractivity (Wildman–Crippen MR) is 59.3 cm³/mol. The number of sulfone groups is 1. The van der Waals surface area contributed by atoms with E-state index < -0.39 is 15.1 Å². The first kappa shape index (κ1) is 12.5. The van der Waals surface area contributed by atoms with E-state index >= 15 is 0 Å². The summed E-state index contributed by atoms with van der Waals surface area (Å²) in [4.78, 5) is 13.5. The van der Waals surface area contributed by atoms with Gasteiger partial charge in [0.25, 0.3) is 0 Å². The SMILES string of the molecule is C[C@@H]1CCCN(C(=O)[C@@H](C)S(C)(=O)=O)C1. The molecule has 0 saturated carbocycles. The highest BCUT2D eigenvalue weighted by molar-refractivity contribution is 7.92. The van der Waals surface area contributed by atoms with Crippen LogP contribution in [-0.2, 0) is 14.6 Å². The van der Waals surface area contributed by atoms with Crippen LogP contribution < -0.4 is 0 Å². The van der Waals surface area contributed by atoms with Crippen LogP contribution in [-0.4, -0.2) is 43.8 Å². The molecule has 0 unspecified atom stereocenters. The fraction of sp³-hybridized carbons (Fsp3) is 0.900. The highest BCUT2D eigenvalue weighted by atomic mass is 32.2. The maximum Gasteiger partial charge on any atom is 0.240 e. The van der Waals surface area contributed by atoms with Gasteiger partial charge in [0.2, 0.25) is 5.91 Å². The number of carbonyl (C=O) groups is 1. The van der Waals surface area contributed by atoms with Gasteiger partial charge in [-0.25, -0.2) is 8.42 Å². The summed E-state index contributed by atoms with van der Waals surface area (Å²) in [6.45, 7) is 4.95. The molecular formula is C10H19NO3S. The molecule has 1 rings (SSSR count). The van der Waals surface area contributed by atoms with E-state index in [1.54, 1.807) is 4.90 Å². The van der Waals surface area contributed by atoms with E-state index in [2.05, 4.69) is 6.92 Å². The Hall–Kier alpha value is -0.580. The van der Waals surface area contributed by atoms with Crippen molar-refractivity contribution in [1.29, 1.82) is 0 Å². The van der Waals surface area contributed by atoms with Gasteiger partial charge in [0.05, 0.1) is 0 Å².